The van der Waals surface area contributed by atoms with Crippen LogP contribution in [0.4, 0.5) is 5.69 Å². The van der Waals surface area contributed by atoms with Crippen molar-refractivity contribution in [2.24, 2.45) is 16.9 Å². The third kappa shape index (κ3) is 1.88. The molecule has 1 fully saturated rings. The van der Waals surface area contributed by atoms with E-state index in [-0.39, 0.29) is 23.7 Å². The molecule has 2 aliphatic heterocycles. The first-order valence-corrected chi connectivity index (χ1v) is 8.00. The third-order valence-electron chi connectivity index (χ3n) is 5.12. The number of hydrogen-bond donors (Lipinski definition) is 1. The fraction of sp³-hybridized carbons (Fsp3) is 0.471. The minimum absolute atomic E-state index is 0.0553. The maximum Gasteiger partial charge on any atom is 0.243 e. The van der Waals surface area contributed by atoms with Crippen LogP contribution in [0.15, 0.2) is 23.3 Å². The number of hydrazone groups is 1. The van der Waals surface area contributed by atoms with Gasteiger partial charge in [-0.05, 0) is 43.0 Å². The number of nitrogens with one attached hydrogen (secondary N) is 1. The van der Waals surface area contributed by atoms with Crippen LogP contribution in [0.3, 0.4) is 0 Å². The maximum atomic E-state index is 12.0. The first kappa shape index (κ1) is 13.5. The number of amides is 2. The van der Waals surface area contributed by atoms with Gasteiger partial charge in [0.25, 0.3) is 0 Å². The van der Waals surface area contributed by atoms with Gasteiger partial charge in [-0.2, -0.15) is 5.10 Å². The molecule has 2 atom stereocenters. The average Bonchev–Trinajstić information content (AvgIpc) is 3.11. The highest BCUT2D eigenvalue weighted by atomic mass is 16.2. The van der Waals surface area contributed by atoms with Gasteiger partial charge in [-0.25, -0.2) is 5.43 Å². The summed E-state index contributed by atoms with van der Waals surface area (Å²) < 4.78 is 0. The smallest absolute Gasteiger partial charge is 0.243 e. The first-order chi connectivity index (χ1) is 10.7. The molecule has 114 valence electrons. The molecule has 4 rings (SSSR count). The van der Waals surface area contributed by atoms with Gasteiger partial charge in [0.1, 0.15) is 0 Å². The minimum Gasteiger partial charge on any atom is -0.312 e. The van der Waals surface area contributed by atoms with Gasteiger partial charge in [0.2, 0.25) is 11.8 Å². The quantitative estimate of drug-likeness (QED) is 0.905. The van der Waals surface area contributed by atoms with E-state index in [9.17, 15) is 9.59 Å². The lowest BCUT2D eigenvalue weighted by molar-refractivity contribution is -0.126. The maximum absolute atomic E-state index is 12.0. The van der Waals surface area contributed by atoms with Crippen LogP contribution >= 0.6 is 0 Å². The Labute approximate surface area is 129 Å². The van der Waals surface area contributed by atoms with E-state index in [4.69, 9.17) is 0 Å². The molecule has 5 heteroatoms. The number of hydrogen-bond acceptors (Lipinski definition) is 3. The van der Waals surface area contributed by atoms with Crippen molar-refractivity contribution < 1.29 is 9.59 Å². The van der Waals surface area contributed by atoms with E-state index < -0.39 is 0 Å². The van der Waals surface area contributed by atoms with Crippen molar-refractivity contribution in [3.63, 3.8) is 0 Å². The summed E-state index contributed by atoms with van der Waals surface area (Å²) in [4.78, 5) is 25.7. The second-order valence-corrected chi connectivity index (χ2v) is 6.28. The topological polar surface area (TPSA) is 61.8 Å². The summed E-state index contributed by atoms with van der Waals surface area (Å²) in [6, 6.07) is 6.13. The number of rotatable bonds is 2. The molecule has 1 saturated carbocycles. The highest BCUT2D eigenvalue weighted by Crippen LogP contribution is 2.38. The van der Waals surface area contributed by atoms with Gasteiger partial charge in [-0.1, -0.05) is 12.5 Å². The Morgan fingerprint density at radius 2 is 2.09 bits per heavy atom. The van der Waals surface area contributed by atoms with Gasteiger partial charge in [0, 0.05) is 24.1 Å². The standard InChI is InChI=1S/C17H19N3O2/c1-2-20-14-7-6-10(8-11(14)9-15(20)21)16-12-4-3-5-13(12)17(22)19-18-16/h6-8,12-13H,2-5,9H2,1H3,(H,19,22). The molecule has 2 unspecified atom stereocenters. The second-order valence-electron chi connectivity index (χ2n) is 6.28. The van der Waals surface area contributed by atoms with Crippen LogP contribution in [0, 0.1) is 11.8 Å². The summed E-state index contributed by atoms with van der Waals surface area (Å²) >= 11 is 0. The van der Waals surface area contributed by atoms with E-state index in [2.05, 4.69) is 16.6 Å². The number of benzene rings is 1. The SMILES string of the molecule is CCN1C(=O)Cc2cc(C3=NNC(=O)C4CCCC34)ccc21. The van der Waals surface area contributed by atoms with Gasteiger partial charge in [0.05, 0.1) is 12.1 Å². The number of carbonyl (C=O) groups excluding carboxylic acids is 2. The van der Waals surface area contributed by atoms with Gasteiger partial charge in [-0.15, -0.1) is 0 Å². The molecule has 22 heavy (non-hydrogen) atoms. The van der Waals surface area contributed by atoms with Crippen LogP contribution in [-0.4, -0.2) is 24.1 Å². The zero-order valence-corrected chi connectivity index (χ0v) is 12.6. The second kappa shape index (κ2) is 4.93. The Bertz CT molecular complexity index is 695. The van der Waals surface area contributed by atoms with E-state index in [1.807, 2.05) is 24.0 Å². The van der Waals surface area contributed by atoms with Gasteiger partial charge >= 0.3 is 0 Å². The molecule has 0 saturated heterocycles. The Balaban J connectivity index is 1.71. The lowest BCUT2D eigenvalue weighted by Crippen LogP contribution is -2.39. The van der Waals surface area contributed by atoms with Crippen LogP contribution in [0.1, 0.15) is 37.3 Å². The number of fused-ring (bicyclic) bond motifs is 2. The van der Waals surface area contributed by atoms with Gasteiger partial charge in [-0.3, -0.25) is 9.59 Å². The lowest BCUT2D eigenvalue weighted by atomic mass is 9.85. The molecule has 0 spiro atoms. The highest BCUT2D eigenvalue weighted by molar-refractivity contribution is 6.08. The summed E-state index contributed by atoms with van der Waals surface area (Å²) in [6.45, 7) is 2.69. The molecule has 0 radical (unpaired) electrons. The number of anilines is 1. The van der Waals surface area contributed by atoms with Gasteiger partial charge in [0.15, 0.2) is 0 Å². The summed E-state index contributed by atoms with van der Waals surface area (Å²) in [5, 5.41) is 4.33. The van der Waals surface area contributed by atoms with E-state index in [0.717, 1.165) is 41.8 Å². The normalized spacial score (nSPS) is 26.6. The summed E-state index contributed by atoms with van der Waals surface area (Å²) in [7, 11) is 0. The van der Waals surface area contributed by atoms with Crippen molar-refractivity contribution in [1.82, 2.24) is 5.43 Å². The minimum atomic E-state index is 0.0553. The first-order valence-electron chi connectivity index (χ1n) is 8.00. The van der Waals surface area contributed by atoms with Crippen molar-refractivity contribution in [2.45, 2.75) is 32.6 Å². The lowest BCUT2D eigenvalue weighted by Gasteiger charge is -2.25. The Hall–Kier alpha value is -2.17. The molecule has 2 amide bonds. The van der Waals surface area contributed by atoms with Crippen LogP contribution in [0.25, 0.3) is 0 Å². The van der Waals surface area contributed by atoms with Crippen molar-refractivity contribution in [1.29, 1.82) is 0 Å². The largest absolute Gasteiger partial charge is 0.312 e. The summed E-state index contributed by atoms with van der Waals surface area (Å²) in [5.41, 5.74) is 6.77. The van der Waals surface area contributed by atoms with Crippen molar-refractivity contribution in [2.75, 3.05) is 11.4 Å². The zero-order valence-electron chi connectivity index (χ0n) is 12.6. The monoisotopic (exact) mass is 297 g/mol. The molecule has 1 aromatic carbocycles. The summed E-state index contributed by atoms with van der Waals surface area (Å²) in [6.07, 6.45) is 3.51. The molecular weight excluding hydrogens is 278 g/mol. The van der Waals surface area contributed by atoms with Gasteiger partial charge < -0.3 is 4.90 Å². The van der Waals surface area contributed by atoms with E-state index in [1.54, 1.807) is 0 Å². The summed E-state index contributed by atoms with van der Waals surface area (Å²) in [5.74, 6) is 0.507. The van der Waals surface area contributed by atoms with Crippen LogP contribution in [-0.2, 0) is 16.0 Å². The molecule has 1 aromatic rings. The van der Waals surface area contributed by atoms with E-state index >= 15 is 0 Å². The van der Waals surface area contributed by atoms with Crippen LogP contribution < -0.4 is 10.3 Å². The van der Waals surface area contributed by atoms with E-state index in [1.165, 1.54) is 0 Å². The fourth-order valence-electron chi connectivity index (χ4n) is 4.05. The fourth-order valence-corrected chi connectivity index (χ4v) is 4.05. The Morgan fingerprint density at radius 3 is 2.91 bits per heavy atom. The Morgan fingerprint density at radius 1 is 1.27 bits per heavy atom. The zero-order chi connectivity index (χ0) is 15.3. The third-order valence-corrected chi connectivity index (χ3v) is 5.12. The average molecular weight is 297 g/mol. The Kier molecular flexibility index (Phi) is 3.03. The number of likely N-dealkylation sites (N-methyl/N-ethyl adjacent to an activating group) is 1. The predicted molar refractivity (Wildman–Crippen MR) is 83.7 cm³/mol. The van der Waals surface area contributed by atoms with Crippen molar-refractivity contribution in [3.05, 3.63) is 29.3 Å². The molecule has 1 N–H and O–H groups in total. The van der Waals surface area contributed by atoms with Crippen molar-refractivity contribution in [3.8, 4) is 0 Å². The predicted octanol–water partition coefficient (Wildman–Crippen LogP) is 1.85. The van der Waals surface area contributed by atoms with E-state index in [0.29, 0.717) is 13.0 Å². The number of nitrogens with zero attached hydrogens (tertiary/aromatic N) is 2. The van der Waals surface area contributed by atoms with Crippen LogP contribution in [0.2, 0.25) is 0 Å². The van der Waals surface area contributed by atoms with Crippen LogP contribution in [0.5, 0.6) is 0 Å². The molecule has 0 aromatic heterocycles. The molecule has 3 aliphatic rings. The molecule has 1 aliphatic carbocycles. The number of carbonyl (C=O) groups is 2. The molecule has 5 nitrogen and oxygen atoms in total. The highest BCUT2D eigenvalue weighted by Gasteiger charge is 2.40. The molecule has 2 heterocycles. The molecular formula is C17H19N3O2. The van der Waals surface area contributed by atoms with Crippen molar-refractivity contribution >= 4 is 23.2 Å². The molecule has 0 bridgehead atoms.